The van der Waals surface area contributed by atoms with Crippen LogP contribution in [0.15, 0.2) is 24.3 Å². The molecule has 2 atom stereocenters. The van der Waals surface area contributed by atoms with Gasteiger partial charge in [-0.05, 0) is 62.6 Å². The van der Waals surface area contributed by atoms with Crippen LogP contribution in [0, 0.1) is 11.8 Å². The van der Waals surface area contributed by atoms with Gasteiger partial charge in [0.05, 0.1) is 5.60 Å². The lowest BCUT2D eigenvalue weighted by atomic mass is 9.87. The predicted molar refractivity (Wildman–Crippen MR) is 102 cm³/mol. The fraction of sp³-hybridized carbons (Fsp3) is 0.800. The van der Waals surface area contributed by atoms with Crippen molar-refractivity contribution in [3.8, 4) is 0 Å². The van der Waals surface area contributed by atoms with Gasteiger partial charge in [-0.15, -0.1) is 0 Å². The maximum absolute atomic E-state index is 6.81. The first-order valence-corrected chi connectivity index (χ1v) is 11.9. The summed E-state index contributed by atoms with van der Waals surface area (Å²) < 4.78 is 6.81. The first-order chi connectivity index (χ1) is 9.97. The monoisotopic (exact) mass is 322 g/mol. The van der Waals surface area contributed by atoms with Crippen molar-refractivity contribution in [1.82, 2.24) is 0 Å². The smallest absolute Gasteiger partial charge is 0.193 e. The lowest BCUT2D eigenvalue weighted by Gasteiger charge is -2.43. The van der Waals surface area contributed by atoms with E-state index in [1.54, 1.807) is 0 Å². The molecule has 22 heavy (non-hydrogen) atoms. The van der Waals surface area contributed by atoms with E-state index < -0.39 is 8.32 Å². The van der Waals surface area contributed by atoms with Gasteiger partial charge in [-0.3, -0.25) is 0 Å². The Balaban J connectivity index is 3.00. The lowest BCUT2D eigenvalue weighted by molar-refractivity contribution is 0.112. The highest BCUT2D eigenvalue weighted by Crippen LogP contribution is 2.41. The summed E-state index contributed by atoms with van der Waals surface area (Å²) >= 11 is 0. The average molecular weight is 323 g/mol. The van der Waals surface area contributed by atoms with Gasteiger partial charge in [0.15, 0.2) is 8.32 Å². The molecule has 0 aromatic rings. The summed E-state index contributed by atoms with van der Waals surface area (Å²) in [7, 11) is -1.76. The van der Waals surface area contributed by atoms with Crippen LogP contribution < -0.4 is 0 Å². The summed E-state index contributed by atoms with van der Waals surface area (Å²) in [6.45, 7) is 18.6. The van der Waals surface area contributed by atoms with E-state index in [2.05, 4.69) is 78.9 Å². The quantitative estimate of drug-likeness (QED) is 0.413. The maximum atomic E-state index is 6.81. The summed E-state index contributed by atoms with van der Waals surface area (Å²) in [5.41, 5.74) is -0.127. The van der Waals surface area contributed by atoms with Gasteiger partial charge >= 0.3 is 0 Å². The molecule has 0 aliphatic heterocycles. The minimum absolute atomic E-state index is 0.127. The second-order valence-electron chi connectivity index (χ2n) is 9.03. The van der Waals surface area contributed by atoms with E-state index in [4.69, 9.17) is 4.43 Å². The van der Waals surface area contributed by atoms with Gasteiger partial charge in [0.2, 0.25) is 0 Å². The Hall–Kier alpha value is -0.343. The van der Waals surface area contributed by atoms with Gasteiger partial charge in [0.1, 0.15) is 0 Å². The first-order valence-electron chi connectivity index (χ1n) is 9.01. The van der Waals surface area contributed by atoms with E-state index in [0.717, 1.165) is 12.8 Å². The van der Waals surface area contributed by atoms with Crippen molar-refractivity contribution < 1.29 is 4.43 Å². The molecule has 1 aliphatic carbocycles. The summed E-state index contributed by atoms with van der Waals surface area (Å²) in [6.07, 6.45) is 14.2. The largest absolute Gasteiger partial charge is 0.408 e. The third-order valence-electron chi connectivity index (χ3n) is 5.49. The van der Waals surface area contributed by atoms with Gasteiger partial charge in [0.25, 0.3) is 0 Å². The van der Waals surface area contributed by atoms with Gasteiger partial charge in [-0.2, -0.15) is 0 Å². The highest BCUT2D eigenvalue weighted by atomic mass is 28.4. The molecule has 128 valence electrons. The van der Waals surface area contributed by atoms with E-state index in [9.17, 15) is 0 Å². The molecule has 0 fully saturated rings. The van der Waals surface area contributed by atoms with Crippen molar-refractivity contribution >= 4 is 8.32 Å². The third kappa shape index (κ3) is 5.70. The molecule has 0 aromatic heterocycles. The van der Waals surface area contributed by atoms with Gasteiger partial charge in [-0.25, -0.2) is 0 Å². The van der Waals surface area contributed by atoms with Crippen LogP contribution in [0.1, 0.15) is 67.2 Å². The molecule has 0 amide bonds. The predicted octanol–water partition coefficient (Wildman–Crippen LogP) is 6.73. The molecule has 0 radical (unpaired) electrons. The summed E-state index contributed by atoms with van der Waals surface area (Å²) in [5, 5.41) is 0.256. The number of rotatable bonds is 3. The van der Waals surface area contributed by atoms with Crippen LogP contribution in [0.4, 0.5) is 0 Å². The molecule has 1 aliphatic rings. The van der Waals surface area contributed by atoms with Gasteiger partial charge < -0.3 is 4.43 Å². The molecule has 0 heterocycles. The molecule has 2 heteroatoms. The highest BCUT2D eigenvalue weighted by molar-refractivity contribution is 6.74. The van der Waals surface area contributed by atoms with Crippen molar-refractivity contribution in [3.63, 3.8) is 0 Å². The minimum atomic E-state index is -1.76. The summed E-state index contributed by atoms with van der Waals surface area (Å²) in [5.74, 6) is 1.35. The molecule has 0 saturated heterocycles. The molecule has 1 rings (SSSR count). The second kappa shape index (κ2) is 7.48. The normalized spacial score (nSPS) is 31.0. The van der Waals surface area contributed by atoms with Crippen LogP contribution in [0.3, 0.4) is 0 Å². The van der Waals surface area contributed by atoms with Crippen molar-refractivity contribution in [3.05, 3.63) is 24.3 Å². The molecular weight excluding hydrogens is 284 g/mol. The minimum Gasteiger partial charge on any atom is -0.408 e. The van der Waals surface area contributed by atoms with E-state index >= 15 is 0 Å². The van der Waals surface area contributed by atoms with Crippen LogP contribution in [-0.4, -0.2) is 13.9 Å². The lowest BCUT2D eigenvalue weighted by Crippen LogP contribution is -2.48. The fourth-order valence-electron chi connectivity index (χ4n) is 2.78. The Morgan fingerprint density at radius 2 is 1.73 bits per heavy atom. The van der Waals surface area contributed by atoms with Crippen LogP contribution in [0.5, 0.6) is 0 Å². The third-order valence-corrected chi connectivity index (χ3v) is 10.1. The topological polar surface area (TPSA) is 9.23 Å². The molecule has 0 bridgehead atoms. The van der Waals surface area contributed by atoms with E-state index in [0.29, 0.717) is 11.8 Å². The van der Waals surface area contributed by atoms with E-state index in [1.165, 1.54) is 12.8 Å². The van der Waals surface area contributed by atoms with Gasteiger partial charge in [0, 0.05) is 0 Å². The number of hydrogen-bond donors (Lipinski definition) is 0. The van der Waals surface area contributed by atoms with E-state index in [1.807, 2.05) is 0 Å². The van der Waals surface area contributed by atoms with Gasteiger partial charge in [-0.1, -0.05) is 58.9 Å². The Morgan fingerprint density at radius 1 is 1.14 bits per heavy atom. The Labute approximate surface area is 140 Å². The summed E-state index contributed by atoms with van der Waals surface area (Å²) in [4.78, 5) is 0. The zero-order chi connectivity index (χ0) is 17.0. The fourth-order valence-corrected chi connectivity index (χ4v) is 4.42. The maximum Gasteiger partial charge on any atom is 0.193 e. The zero-order valence-electron chi connectivity index (χ0n) is 16.2. The van der Waals surface area contributed by atoms with Crippen LogP contribution in [0.25, 0.3) is 0 Å². The SMILES string of the molecule is CC(C)[C@H]1/C=C/[C@@](C)(O[Si](C)(C)C(C)(C)C)CC/C=C\CC1. The van der Waals surface area contributed by atoms with E-state index in [-0.39, 0.29) is 10.6 Å². The molecule has 0 aromatic carbocycles. The Kier molecular flexibility index (Phi) is 6.70. The highest BCUT2D eigenvalue weighted by Gasteiger charge is 2.42. The van der Waals surface area contributed by atoms with Crippen molar-refractivity contribution in [2.24, 2.45) is 11.8 Å². The molecule has 0 saturated carbocycles. The Bertz CT molecular complexity index is 400. The standard InChI is InChI=1S/C20H38OSi/c1-17(2)18-13-11-9-10-12-15-20(6,16-14-18)21-22(7,8)19(3,4)5/h9-10,14,16-18H,11-13,15H2,1-8H3/b10-9-,16-14+/t18-,20+/m1/s1. The molecule has 0 unspecified atom stereocenters. The van der Waals surface area contributed by atoms with Crippen LogP contribution in [-0.2, 0) is 4.43 Å². The second-order valence-corrected chi connectivity index (χ2v) is 13.8. The molecular formula is C20H38OSi. The number of allylic oxidation sites excluding steroid dienone is 3. The summed E-state index contributed by atoms with van der Waals surface area (Å²) in [6, 6.07) is 0. The molecule has 0 spiro atoms. The first kappa shape index (κ1) is 19.7. The van der Waals surface area contributed by atoms with Crippen molar-refractivity contribution in [2.75, 3.05) is 0 Å². The molecule has 0 N–H and O–H groups in total. The molecule has 1 nitrogen and oxygen atoms in total. The van der Waals surface area contributed by atoms with Crippen molar-refractivity contribution in [2.45, 2.75) is 91.0 Å². The average Bonchev–Trinajstić information content (AvgIpc) is 2.34. The van der Waals surface area contributed by atoms with Crippen molar-refractivity contribution in [1.29, 1.82) is 0 Å². The zero-order valence-corrected chi connectivity index (χ0v) is 17.2. The number of hydrogen-bond acceptors (Lipinski definition) is 1. The van der Waals surface area contributed by atoms with Crippen LogP contribution in [0.2, 0.25) is 18.1 Å². The van der Waals surface area contributed by atoms with Crippen LogP contribution >= 0.6 is 0 Å². The Morgan fingerprint density at radius 3 is 2.27 bits per heavy atom.